The lowest BCUT2D eigenvalue weighted by Gasteiger charge is -2.22. The molecule has 1 unspecified atom stereocenters. The van der Waals surface area contributed by atoms with Crippen molar-refractivity contribution >= 4 is 0 Å². The Kier molecular flexibility index (Phi) is 5.13. The lowest BCUT2D eigenvalue weighted by molar-refractivity contribution is 0.200. The molecule has 17 heavy (non-hydrogen) atoms. The largest absolute Gasteiger partial charge is 0.396 e. The molecular weight excluding hydrogens is 215 g/mol. The summed E-state index contributed by atoms with van der Waals surface area (Å²) >= 11 is 0. The van der Waals surface area contributed by atoms with Crippen molar-refractivity contribution in [2.24, 2.45) is 11.3 Å². The van der Waals surface area contributed by atoms with Crippen LogP contribution in [0.1, 0.15) is 39.2 Å². The van der Waals surface area contributed by atoms with Gasteiger partial charge in [-0.05, 0) is 48.3 Å². The molecule has 96 valence electrons. The molecule has 1 aromatic rings. The van der Waals surface area contributed by atoms with Crippen LogP contribution in [0.5, 0.6) is 0 Å². The summed E-state index contributed by atoms with van der Waals surface area (Å²) in [5.74, 6) is 0.0728. The first-order valence-electron chi connectivity index (χ1n) is 6.26. The minimum absolute atomic E-state index is 0.202. The predicted octanol–water partition coefficient (Wildman–Crippen LogP) is 3.80. The van der Waals surface area contributed by atoms with E-state index in [1.54, 1.807) is 12.1 Å². The van der Waals surface area contributed by atoms with Gasteiger partial charge in [0.25, 0.3) is 0 Å². The highest BCUT2D eigenvalue weighted by atomic mass is 19.1. The predicted molar refractivity (Wildman–Crippen MR) is 69.4 cm³/mol. The SMILES string of the molecule is CC(C)(C)CCC(CO)Cc1ccc(F)cc1. The number of halogens is 1. The number of benzene rings is 1. The van der Waals surface area contributed by atoms with Gasteiger partial charge >= 0.3 is 0 Å². The third-order valence-electron chi connectivity index (χ3n) is 3.00. The first-order chi connectivity index (χ1) is 7.90. The second kappa shape index (κ2) is 6.15. The van der Waals surface area contributed by atoms with Gasteiger partial charge in [-0.25, -0.2) is 4.39 Å². The maximum absolute atomic E-state index is 12.8. The van der Waals surface area contributed by atoms with Gasteiger partial charge in [-0.2, -0.15) is 0 Å². The Hall–Kier alpha value is -0.890. The number of rotatable bonds is 5. The number of hydrogen-bond donors (Lipinski definition) is 1. The van der Waals surface area contributed by atoms with Gasteiger partial charge < -0.3 is 5.11 Å². The van der Waals surface area contributed by atoms with Crippen molar-refractivity contribution in [3.8, 4) is 0 Å². The van der Waals surface area contributed by atoms with E-state index in [-0.39, 0.29) is 18.3 Å². The van der Waals surface area contributed by atoms with Crippen LogP contribution in [0.2, 0.25) is 0 Å². The van der Waals surface area contributed by atoms with Crippen LogP contribution in [-0.4, -0.2) is 11.7 Å². The van der Waals surface area contributed by atoms with Gasteiger partial charge in [0.15, 0.2) is 0 Å². The molecule has 0 bridgehead atoms. The lowest BCUT2D eigenvalue weighted by Crippen LogP contribution is -2.14. The van der Waals surface area contributed by atoms with E-state index in [4.69, 9.17) is 0 Å². The molecule has 0 amide bonds. The van der Waals surface area contributed by atoms with Crippen molar-refractivity contribution in [1.29, 1.82) is 0 Å². The van der Waals surface area contributed by atoms with E-state index in [0.717, 1.165) is 24.8 Å². The minimum Gasteiger partial charge on any atom is -0.396 e. The lowest BCUT2D eigenvalue weighted by atomic mass is 9.85. The molecule has 0 aliphatic rings. The van der Waals surface area contributed by atoms with Crippen molar-refractivity contribution in [1.82, 2.24) is 0 Å². The molecule has 2 heteroatoms. The maximum atomic E-state index is 12.8. The van der Waals surface area contributed by atoms with Crippen LogP contribution in [0.15, 0.2) is 24.3 Å². The zero-order valence-corrected chi connectivity index (χ0v) is 11.0. The maximum Gasteiger partial charge on any atom is 0.123 e. The van der Waals surface area contributed by atoms with Gasteiger partial charge in [0.05, 0.1) is 0 Å². The highest BCUT2D eigenvalue weighted by molar-refractivity contribution is 5.16. The van der Waals surface area contributed by atoms with E-state index in [0.29, 0.717) is 5.41 Å². The van der Waals surface area contributed by atoms with E-state index in [1.807, 2.05) is 0 Å². The van der Waals surface area contributed by atoms with Crippen molar-refractivity contribution in [3.05, 3.63) is 35.6 Å². The van der Waals surface area contributed by atoms with Gasteiger partial charge in [-0.15, -0.1) is 0 Å². The van der Waals surface area contributed by atoms with Crippen LogP contribution in [0.4, 0.5) is 4.39 Å². The molecule has 0 saturated carbocycles. The molecule has 1 aromatic carbocycles. The Labute approximate surface area is 104 Å². The molecular formula is C15H23FO. The van der Waals surface area contributed by atoms with Crippen LogP contribution < -0.4 is 0 Å². The third kappa shape index (κ3) is 5.83. The summed E-state index contributed by atoms with van der Waals surface area (Å²) < 4.78 is 12.8. The van der Waals surface area contributed by atoms with Crippen LogP contribution >= 0.6 is 0 Å². The quantitative estimate of drug-likeness (QED) is 0.827. The second-order valence-electron chi connectivity index (χ2n) is 5.98. The monoisotopic (exact) mass is 238 g/mol. The van der Waals surface area contributed by atoms with Gasteiger partial charge in [0.1, 0.15) is 5.82 Å². The Morgan fingerprint density at radius 2 is 1.76 bits per heavy atom. The highest BCUT2D eigenvalue weighted by Gasteiger charge is 2.15. The van der Waals surface area contributed by atoms with Gasteiger partial charge in [-0.1, -0.05) is 32.9 Å². The summed E-state index contributed by atoms with van der Waals surface area (Å²) in [5, 5.41) is 9.36. The number of aliphatic hydroxyl groups is 1. The van der Waals surface area contributed by atoms with E-state index in [1.165, 1.54) is 12.1 Å². The molecule has 0 spiro atoms. The highest BCUT2D eigenvalue weighted by Crippen LogP contribution is 2.25. The zero-order valence-electron chi connectivity index (χ0n) is 11.0. The molecule has 1 rings (SSSR count). The zero-order chi connectivity index (χ0) is 12.9. The molecule has 0 saturated heterocycles. The molecule has 0 aromatic heterocycles. The first-order valence-corrected chi connectivity index (χ1v) is 6.26. The fourth-order valence-electron chi connectivity index (χ4n) is 1.85. The van der Waals surface area contributed by atoms with Crippen LogP contribution in [0.3, 0.4) is 0 Å². The van der Waals surface area contributed by atoms with Crippen molar-refractivity contribution in [2.45, 2.75) is 40.0 Å². The Bertz CT molecular complexity index is 324. The van der Waals surface area contributed by atoms with E-state index in [9.17, 15) is 9.50 Å². The molecule has 1 N–H and O–H groups in total. The molecule has 0 radical (unpaired) electrons. The fourth-order valence-corrected chi connectivity index (χ4v) is 1.85. The number of aliphatic hydroxyl groups excluding tert-OH is 1. The molecule has 0 aliphatic carbocycles. The Morgan fingerprint density at radius 1 is 1.18 bits per heavy atom. The summed E-state index contributed by atoms with van der Waals surface area (Å²) in [6.45, 7) is 6.82. The topological polar surface area (TPSA) is 20.2 Å². The molecule has 0 aliphatic heterocycles. The summed E-state index contributed by atoms with van der Waals surface area (Å²) in [6, 6.07) is 6.56. The normalized spacial score (nSPS) is 13.7. The Morgan fingerprint density at radius 3 is 2.24 bits per heavy atom. The molecule has 0 fully saturated rings. The van der Waals surface area contributed by atoms with Gasteiger partial charge in [0.2, 0.25) is 0 Å². The van der Waals surface area contributed by atoms with Crippen molar-refractivity contribution < 1.29 is 9.50 Å². The summed E-state index contributed by atoms with van der Waals surface area (Å²) in [7, 11) is 0. The van der Waals surface area contributed by atoms with Gasteiger partial charge in [0, 0.05) is 6.61 Å². The molecule has 0 heterocycles. The molecule has 1 nitrogen and oxygen atoms in total. The first kappa shape index (κ1) is 14.2. The Balaban J connectivity index is 2.49. The van der Waals surface area contributed by atoms with Crippen molar-refractivity contribution in [3.63, 3.8) is 0 Å². The fraction of sp³-hybridized carbons (Fsp3) is 0.600. The second-order valence-corrected chi connectivity index (χ2v) is 5.98. The number of hydrogen-bond acceptors (Lipinski definition) is 1. The van der Waals surface area contributed by atoms with Crippen LogP contribution in [0.25, 0.3) is 0 Å². The average Bonchev–Trinajstić information content (AvgIpc) is 2.25. The van der Waals surface area contributed by atoms with E-state index >= 15 is 0 Å². The average molecular weight is 238 g/mol. The third-order valence-corrected chi connectivity index (χ3v) is 3.00. The minimum atomic E-state index is -0.205. The van der Waals surface area contributed by atoms with E-state index in [2.05, 4.69) is 20.8 Å². The van der Waals surface area contributed by atoms with Crippen molar-refractivity contribution in [2.75, 3.05) is 6.61 Å². The standard InChI is InChI=1S/C15H23FO/c1-15(2,3)9-8-13(11-17)10-12-4-6-14(16)7-5-12/h4-7,13,17H,8-11H2,1-3H3. The summed E-state index contributed by atoms with van der Waals surface area (Å²) in [6.07, 6.45) is 2.93. The smallest absolute Gasteiger partial charge is 0.123 e. The molecule has 1 atom stereocenters. The van der Waals surface area contributed by atoms with E-state index < -0.39 is 0 Å². The van der Waals surface area contributed by atoms with Crippen LogP contribution in [0, 0.1) is 17.2 Å². The van der Waals surface area contributed by atoms with Gasteiger partial charge in [-0.3, -0.25) is 0 Å². The summed E-state index contributed by atoms with van der Waals surface area (Å²) in [5.41, 5.74) is 1.40. The van der Waals surface area contributed by atoms with Crippen LogP contribution in [-0.2, 0) is 6.42 Å². The summed E-state index contributed by atoms with van der Waals surface area (Å²) in [4.78, 5) is 0.